The number of nitrogens with two attached hydrogens (primary N) is 1. The fourth-order valence-electron chi connectivity index (χ4n) is 2.33. The third-order valence-electron chi connectivity index (χ3n) is 3.40. The van der Waals surface area contributed by atoms with Crippen LogP contribution in [-0.2, 0) is 6.42 Å². The summed E-state index contributed by atoms with van der Waals surface area (Å²) >= 11 is 0. The Hall–Kier alpha value is -1.02. The summed E-state index contributed by atoms with van der Waals surface area (Å²) in [6, 6.07) is 7.60. The number of benzene rings is 1. The van der Waals surface area contributed by atoms with Crippen molar-refractivity contribution in [1.82, 2.24) is 0 Å². The molecule has 1 saturated carbocycles. The lowest BCUT2D eigenvalue weighted by Crippen LogP contribution is -2.25. The van der Waals surface area contributed by atoms with Gasteiger partial charge in [0.1, 0.15) is 0 Å². The van der Waals surface area contributed by atoms with Gasteiger partial charge in [-0.15, -0.1) is 0 Å². The Bertz CT molecular complexity index is 356. The van der Waals surface area contributed by atoms with Crippen LogP contribution in [0.2, 0.25) is 0 Å². The van der Waals surface area contributed by atoms with Crippen molar-refractivity contribution < 1.29 is 0 Å². The van der Waals surface area contributed by atoms with E-state index in [-0.39, 0.29) is 0 Å². The van der Waals surface area contributed by atoms with E-state index >= 15 is 0 Å². The molecule has 0 aliphatic heterocycles. The summed E-state index contributed by atoms with van der Waals surface area (Å²) in [5.74, 6) is 0. The van der Waals surface area contributed by atoms with Crippen LogP contribution in [-0.4, -0.2) is 19.1 Å². The fourth-order valence-corrected chi connectivity index (χ4v) is 2.33. The number of hydrogen-bond acceptors (Lipinski definition) is 2. The SMILES string of the molecule is CCN(c1ccc(CCN)c(C)c1)C1CC1. The van der Waals surface area contributed by atoms with Crippen molar-refractivity contribution >= 4 is 5.69 Å². The van der Waals surface area contributed by atoms with E-state index in [0.29, 0.717) is 0 Å². The van der Waals surface area contributed by atoms with Gasteiger partial charge in [0.05, 0.1) is 0 Å². The van der Waals surface area contributed by atoms with Gasteiger partial charge in [0.15, 0.2) is 0 Å². The average Bonchev–Trinajstić information content (AvgIpc) is 3.07. The molecule has 0 spiro atoms. The molecule has 0 heterocycles. The fraction of sp³-hybridized carbons (Fsp3) is 0.571. The maximum Gasteiger partial charge on any atom is 0.0371 e. The summed E-state index contributed by atoms with van der Waals surface area (Å²) in [5, 5.41) is 0. The molecular formula is C14H22N2. The van der Waals surface area contributed by atoms with Crippen LogP contribution in [0.3, 0.4) is 0 Å². The first-order valence-corrected chi connectivity index (χ1v) is 6.32. The molecule has 0 atom stereocenters. The van der Waals surface area contributed by atoms with Crippen LogP contribution in [0.4, 0.5) is 5.69 Å². The first-order valence-electron chi connectivity index (χ1n) is 6.32. The average molecular weight is 218 g/mol. The van der Waals surface area contributed by atoms with Crippen molar-refractivity contribution in [2.45, 2.75) is 39.2 Å². The second-order valence-corrected chi connectivity index (χ2v) is 4.67. The highest BCUT2D eigenvalue weighted by Crippen LogP contribution is 2.32. The highest BCUT2D eigenvalue weighted by Gasteiger charge is 2.28. The van der Waals surface area contributed by atoms with Gasteiger partial charge >= 0.3 is 0 Å². The number of anilines is 1. The summed E-state index contributed by atoms with van der Waals surface area (Å²) in [5.41, 5.74) is 9.74. The van der Waals surface area contributed by atoms with E-state index in [1.807, 2.05) is 0 Å². The first-order chi connectivity index (χ1) is 7.76. The van der Waals surface area contributed by atoms with E-state index in [1.54, 1.807) is 0 Å². The lowest BCUT2D eigenvalue weighted by molar-refractivity contribution is 0.824. The van der Waals surface area contributed by atoms with E-state index in [2.05, 4.69) is 36.9 Å². The van der Waals surface area contributed by atoms with Gasteiger partial charge in [0.25, 0.3) is 0 Å². The second-order valence-electron chi connectivity index (χ2n) is 4.67. The number of aryl methyl sites for hydroxylation is 1. The van der Waals surface area contributed by atoms with Gasteiger partial charge in [0, 0.05) is 18.3 Å². The molecule has 0 aromatic heterocycles. The third-order valence-corrected chi connectivity index (χ3v) is 3.40. The monoisotopic (exact) mass is 218 g/mol. The molecule has 2 N–H and O–H groups in total. The largest absolute Gasteiger partial charge is 0.369 e. The highest BCUT2D eigenvalue weighted by molar-refractivity contribution is 5.52. The molecule has 2 heteroatoms. The third kappa shape index (κ3) is 2.38. The molecule has 2 nitrogen and oxygen atoms in total. The number of nitrogens with zero attached hydrogens (tertiary/aromatic N) is 1. The van der Waals surface area contributed by atoms with Crippen LogP contribution in [0, 0.1) is 6.92 Å². The second kappa shape index (κ2) is 4.88. The summed E-state index contributed by atoms with van der Waals surface area (Å²) < 4.78 is 0. The van der Waals surface area contributed by atoms with Crippen molar-refractivity contribution in [2.24, 2.45) is 5.73 Å². The Morgan fingerprint density at radius 1 is 1.38 bits per heavy atom. The zero-order valence-corrected chi connectivity index (χ0v) is 10.4. The molecule has 0 bridgehead atoms. The molecule has 1 aromatic carbocycles. The molecule has 1 aliphatic carbocycles. The van der Waals surface area contributed by atoms with Crippen molar-refractivity contribution in [3.8, 4) is 0 Å². The summed E-state index contributed by atoms with van der Waals surface area (Å²) in [4.78, 5) is 2.51. The number of rotatable bonds is 5. The van der Waals surface area contributed by atoms with E-state index in [4.69, 9.17) is 5.73 Å². The normalized spacial score (nSPS) is 15.2. The van der Waals surface area contributed by atoms with Crippen molar-refractivity contribution in [2.75, 3.05) is 18.0 Å². The van der Waals surface area contributed by atoms with Crippen LogP contribution in [0.25, 0.3) is 0 Å². The standard InChI is InChI=1S/C14H22N2/c1-3-16(13-6-7-13)14-5-4-12(8-9-15)11(2)10-14/h4-5,10,13H,3,6-9,15H2,1-2H3. The summed E-state index contributed by atoms with van der Waals surface area (Å²) in [6.45, 7) is 6.28. The minimum atomic E-state index is 0.736. The molecular weight excluding hydrogens is 196 g/mol. The Labute approximate surface area is 98.4 Å². The molecule has 2 rings (SSSR count). The van der Waals surface area contributed by atoms with E-state index in [1.165, 1.54) is 29.7 Å². The van der Waals surface area contributed by atoms with Gasteiger partial charge in [0.2, 0.25) is 0 Å². The topological polar surface area (TPSA) is 29.3 Å². The lowest BCUT2D eigenvalue weighted by Gasteiger charge is -2.23. The molecule has 1 aliphatic rings. The van der Waals surface area contributed by atoms with Crippen LogP contribution in [0.15, 0.2) is 18.2 Å². The van der Waals surface area contributed by atoms with Crippen LogP contribution < -0.4 is 10.6 Å². The minimum Gasteiger partial charge on any atom is -0.369 e. The summed E-state index contributed by atoms with van der Waals surface area (Å²) in [6.07, 6.45) is 3.70. The smallest absolute Gasteiger partial charge is 0.0371 e. The molecule has 1 fully saturated rings. The molecule has 1 aromatic rings. The molecule has 88 valence electrons. The predicted octanol–water partition coefficient (Wildman–Crippen LogP) is 2.48. The van der Waals surface area contributed by atoms with E-state index < -0.39 is 0 Å². The van der Waals surface area contributed by atoms with Crippen molar-refractivity contribution in [1.29, 1.82) is 0 Å². The van der Waals surface area contributed by atoms with Gasteiger partial charge in [-0.2, -0.15) is 0 Å². The van der Waals surface area contributed by atoms with Gasteiger partial charge in [-0.1, -0.05) is 6.07 Å². The zero-order chi connectivity index (χ0) is 11.5. The Kier molecular flexibility index (Phi) is 3.49. The van der Waals surface area contributed by atoms with E-state index in [9.17, 15) is 0 Å². The minimum absolute atomic E-state index is 0.736. The molecule has 16 heavy (non-hydrogen) atoms. The quantitative estimate of drug-likeness (QED) is 0.822. The Morgan fingerprint density at radius 2 is 2.12 bits per heavy atom. The van der Waals surface area contributed by atoms with Crippen LogP contribution in [0.5, 0.6) is 0 Å². The Balaban J connectivity index is 2.18. The maximum atomic E-state index is 5.60. The molecule has 0 unspecified atom stereocenters. The van der Waals surface area contributed by atoms with Crippen LogP contribution in [0.1, 0.15) is 30.9 Å². The molecule has 0 amide bonds. The first kappa shape index (κ1) is 11.5. The van der Waals surface area contributed by atoms with Gasteiger partial charge in [-0.05, 0) is 62.9 Å². The van der Waals surface area contributed by atoms with Gasteiger partial charge < -0.3 is 10.6 Å². The lowest BCUT2D eigenvalue weighted by atomic mass is 10.0. The molecule has 0 radical (unpaired) electrons. The van der Waals surface area contributed by atoms with Crippen molar-refractivity contribution in [3.63, 3.8) is 0 Å². The summed E-state index contributed by atoms with van der Waals surface area (Å²) in [7, 11) is 0. The predicted molar refractivity (Wildman–Crippen MR) is 70.0 cm³/mol. The van der Waals surface area contributed by atoms with Crippen molar-refractivity contribution in [3.05, 3.63) is 29.3 Å². The highest BCUT2D eigenvalue weighted by atomic mass is 15.2. The van der Waals surface area contributed by atoms with E-state index in [0.717, 1.165) is 25.6 Å². The van der Waals surface area contributed by atoms with Gasteiger partial charge in [-0.3, -0.25) is 0 Å². The Morgan fingerprint density at radius 3 is 2.62 bits per heavy atom. The van der Waals surface area contributed by atoms with Crippen LogP contribution >= 0.6 is 0 Å². The van der Waals surface area contributed by atoms with Gasteiger partial charge in [-0.25, -0.2) is 0 Å². The number of hydrogen-bond donors (Lipinski definition) is 1. The molecule has 0 saturated heterocycles. The maximum absolute atomic E-state index is 5.60. The zero-order valence-electron chi connectivity index (χ0n) is 10.4.